The summed E-state index contributed by atoms with van der Waals surface area (Å²) in [5, 5.41) is 4.91. The second-order valence-electron chi connectivity index (χ2n) is 6.22. The first kappa shape index (κ1) is 12.6. The van der Waals surface area contributed by atoms with E-state index in [1.54, 1.807) is 6.92 Å². The Morgan fingerprint density at radius 3 is 2.00 bits per heavy atom. The minimum atomic E-state index is 0.370. The van der Waals surface area contributed by atoms with Gasteiger partial charge in [0.2, 0.25) is 0 Å². The van der Waals surface area contributed by atoms with Crippen molar-refractivity contribution in [3.05, 3.63) is 72.3 Å². The normalized spacial score (nSPS) is 11.9. The van der Waals surface area contributed by atoms with Gasteiger partial charge in [0, 0.05) is 0 Å². The Labute approximate surface area is 134 Å². The Morgan fingerprint density at radius 2 is 1.35 bits per heavy atom. The van der Waals surface area contributed by atoms with E-state index in [4.69, 9.17) is 0 Å². The molecule has 0 atom stereocenters. The Balaban J connectivity index is 1.96. The van der Waals surface area contributed by atoms with Gasteiger partial charge in [0.15, 0.2) is 0 Å². The minimum Gasteiger partial charge on any atom is -0.278 e. The average Bonchev–Trinajstić information content (AvgIpc) is 2.88. The highest BCUT2D eigenvalue weighted by molar-refractivity contribution is 6.21. The maximum atomic E-state index is 10.0. The second kappa shape index (κ2) is 4.30. The summed E-state index contributed by atoms with van der Waals surface area (Å²) in [7, 11) is 0. The van der Waals surface area contributed by atoms with Crippen LogP contribution in [0.2, 0.25) is 0 Å². The van der Waals surface area contributed by atoms with E-state index in [2.05, 4.69) is 60.7 Å². The SMILES string of the molecule is CC(=[OH+])c1ccc2c3c(cccc13)-c1cc3ccccc3cc1-2. The molecule has 23 heavy (non-hydrogen) atoms. The fourth-order valence-electron chi connectivity index (χ4n) is 3.86. The van der Waals surface area contributed by atoms with Gasteiger partial charge in [0.25, 0.3) is 0 Å². The lowest BCUT2D eigenvalue weighted by Crippen LogP contribution is -1.95. The predicted molar refractivity (Wildman–Crippen MR) is 97.6 cm³/mol. The first-order valence-electron chi connectivity index (χ1n) is 7.86. The Morgan fingerprint density at radius 1 is 0.696 bits per heavy atom. The Kier molecular flexibility index (Phi) is 2.35. The third-order valence-corrected chi connectivity index (χ3v) is 4.90. The van der Waals surface area contributed by atoms with E-state index in [-0.39, 0.29) is 0 Å². The molecule has 0 unspecified atom stereocenters. The summed E-state index contributed by atoms with van der Waals surface area (Å²) < 4.78 is 0. The molecule has 1 N–H and O–H groups in total. The summed E-state index contributed by atoms with van der Waals surface area (Å²) in [6.07, 6.45) is 0. The van der Waals surface area contributed by atoms with E-state index in [0.717, 1.165) is 10.9 Å². The van der Waals surface area contributed by atoms with Gasteiger partial charge in [0.1, 0.15) is 0 Å². The van der Waals surface area contributed by atoms with Crippen molar-refractivity contribution in [2.45, 2.75) is 6.92 Å². The quantitative estimate of drug-likeness (QED) is 0.285. The van der Waals surface area contributed by atoms with Crippen molar-refractivity contribution in [3.8, 4) is 22.3 Å². The predicted octanol–water partition coefficient (Wildman–Crippen LogP) is 5.55. The molecular formula is C22H15O+. The largest absolute Gasteiger partial charge is 0.321 e. The van der Waals surface area contributed by atoms with Crippen molar-refractivity contribution in [1.82, 2.24) is 0 Å². The molecule has 1 heteroatoms. The highest BCUT2D eigenvalue weighted by Crippen LogP contribution is 2.49. The molecule has 0 aromatic heterocycles. The molecule has 1 aliphatic rings. The molecule has 0 bridgehead atoms. The maximum absolute atomic E-state index is 10.0. The van der Waals surface area contributed by atoms with Crippen LogP contribution in [0.15, 0.2) is 66.7 Å². The van der Waals surface area contributed by atoms with Crippen LogP contribution in [0.4, 0.5) is 0 Å². The number of rotatable bonds is 1. The molecule has 0 spiro atoms. The zero-order valence-electron chi connectivity index (χ0n) is 12.8. The molecule has 0 heterocycles. The van der Waals surface area contributed by atoms with Crippen molar-refractivity contribution >= 4 is 27.3 Å². The van der Waals surface area contributed by atoms with Crippen molar-refractivity contribution in [2.24, 2.45) is 0 Å². The first-order valence-corrected chi connectivity index (χ1v) is 7.86. The van der Waals surface area contributed by atoms with Crippen molar-refractivity contribution in [3.63, 3.8) is 0 Å². The third kappa shape index (κ3) is 1.59. The summed E-state index contributed by atoms with van der Waals surface area (Å²) in [4.78, 5) is 10.0. The van der Waals surface area contributed by atoms with E-state index < -0.39 is 0 Å². The monoisotopic (exact) mass is 295 g/mol. The first-order chi connectivity index (χ1) is 11.2. The fraction of sp³-hybridized carbons (Fsp3) is 0.0455. The van der Waals surface area contributed by atoms with Gasteiger partial charge in [-0.15, -0.1) is 0 Å². The van der Waals surface area contributed by atoms with Crippen LogP contribution in [0.25, 0.3) is 43.8 Å². The lowest BCUT2D eigenvalue weighted by atomic mass is 9.97. The van der Waals surface area contributed by atoms with E-state index in [9.17, 15) is 4.79 Å². The minimum absolute atomic E-state index is 0.370. The number of benzene rings is 4. The summed E-state index contributed by atoms with van der Waals surface area (Å²) in [6.45, 7) is 1.75. The second-order valence-corrected chi connectivity index (χ2v) is 6.22. The van der Waals surface area contributed by atoms with Crippen LogP contribution in [0.5, 0.6) is 0 Å². The van der Waals surface area contributed by atoms with Crippen LogP contribution in [-0.4, -0.2) is 10.6 Å². The van der Waals surface area contributed by atoms with Crippen LogP contribution in [0.3, 0.4) is 0 Å². The van der Waals surface area contributed by atoms with Crippen LogP contribution in [0, 0.1) is 0 Å². The van der Waals surface area contributed by atoms with Gasteiger partial charge in [0.05, 0.1) is 12.5 Å². The zero-order valence-corrected chi connectivity index (χ0v) is 12.8. The zero-order chi connectivity index (χ0) is 15.6. The van der Waals surface area contributed by atoms with E-state index in [1.165, 1.54) is 38.4 Å². The van der Waals surface area contributed by atoms with Crippen LogP contribution in [0.1, 0.15) is 12.5 Å². The number of fused-ring (bicyclic) bond motifs is 4. The van der Waals surface area contributed by atoms with Gasteiger partial charge in [-0.25, -0.2) is 0 Å². The van der Waals surface area contributed by atoms with Gasteiger partial charge >= 0.3 is 5.78 Å². The third-order valence-electron chi connectivity index (χ3n) is 4.90. The van der Waals surface area contributed by atoms with E-state index in [0.29, 0.717) is 5.78 Å². The van der Waals surface area contributed by atoms with Crippen molar-refractivity contribution in [2.75, 3.05) is 0 Å². The maximum Gasteiger partial charge on any atom is 0.321 e. The lowest BCUT2D eigenvalue weighted by Gasteiger charge is -2.05. The van der Waals surface area contributed by atoms with Crippen molar-refractivity contribution < 1.29 is 4.79 Å². The van der Waals surface area contributed by atoms with Gasteiger partial charge < -0.3 is 0 Å². The molecule has 108 valence electrons. The van der Waals surface area contributed by atoms with Gasteiger partial charge in [-0.3, -0.25) is 4.79 Å². The van der Waals surface area contributed by atoms with Gasteiger partial charge in [-0.05, 0) is 62.0 Å². The van der Waals surface area contributed by atoms with E-state index in [1.807, 2.05) is 6.07 Å². The Hall–Kier alpha value is -2.93. The number of hydrogen-bond acceptors (Lipinski definition) is 0. The fourth-order valence-corrected chi connectivity index (χ4v) is 3.86. The summed E-state index contributed by atoms with van der Waals surface area (Å²) >= 11 is 0. The molecule has 0 saturated heterocycles. The highest BCUT2D eigenvalue weighted by Gasteiger charge is 2.24. The van der Waals surface area contributed by atoms with Crippen LogP contribution < -0.4 is 0 Å². The molecule has 4 aromatic carbocycles. The molecular weight excluding hydrogens is 280 g/mol. The summed E-state index contributed by atoms with van der Waals surface area (Å²) in [5.74, 6) is 0.370. The molecule has 1 nitrogen and oxygen atoms in total. The molecule has 0 aliphatic heterocycles. The number of hydrogen-bond donors (Lipinski definition) is 0. The van der Waals surface area contributed by atoms with Gasteiger partial charge in [-0.1, -0.05) is 48.5 Å². The standard InChI is InChI=1S/C22H14O/c1-13(23)16-9-10-19-21-12-15-6-3-2-5-14(15)11-20(21)18-8-4-7-17(16)22(18)19/h2-12H,1H3/p+1. The topological polar surface area (TPSA) is 21.4 Å². The molecule has 0 saturated carbocycles. The number of ketones is 1. The molecule has 1 aliphatic carbocycles. The number of carbonyl (C=O) groups excluding carboxylic acids is 1. The molecule has 4 aromatic rings. The molecule has 5 rings (SSSR count). The van der Waals surface area contributed by atoms with Crippen LogP contribution >= 0.6 is 0 Å². The average molecular weight is 295 g/mol. The van der Waals surface area contributed by atoms with Crippen LogP contribution in [-0.2, 0) is 0 Å². The molecule has 0 fully saturated rings. The van der Waals surface area contributed by atoms with E-state index >= 15 is 0 Å². The molecule has 0 radical (unpaired) electrons. The summed E-state index contributed by atoms with van der Waals surface area (Å²) in [5.41, 5.74) is 6.03. The summed E-state index contributed by atoms with van der Waals surface area (Å²) in [6, 6.07) is 23.6. The Bertz CT molecular complexity index is 1090. The molecule has 0 amide bonds. The lowest BCUT2D eigenvalue weighted by molar-refractivity contribution is 0.675. The van der Waals surface area contributed by atoms with Gasteiger partial charge in [-0.2, -0.15) is 0 Å². The smallest absolute Gasteiger partial charge is 0.278 e. The van der Waals surface area contributed by atoms with Crippen molar-refractivity contribution in [1.29, 1.82) is 0 Å². The highest BCUT2D eigenvalue weighted by atomic mass is 16.1.